The molecular weight excluding hydrogens is 320 g/mol. The second kappa shape index (κ2) is 6.77. The Morgan fingerprint density at radius 3 is 1.19 bits per heavy atom. The van der Waals surface area contributed by atoms with Gasteiger partial charge in [-0.15, -0.1) is 0 Å². The van der Waals surface area contributed by atoms with Crippen LogP contribution in [0.15, 0.2) is 97.1 Å². The Labute approximate surface area is 151 Å². The number of rotatable bonds is 4. The smallest absolute Gasteiger partial charge is 0.193 e. The lowest BCUT2D eigenvalue weighted by Gasteiger charge is -2.06. The van der Waals surface area contributed by atoms with Crippen LogP contribution in [0.1, 0.15) is 31.8 Å². The van der Waals surface area contributed by atoms with E-state index in [1.807, 2.05) is 97.1 Å². The molecule has 0 spiro atoms. The second-order valence-electron chi connectivity index (χ2n) is 6.17. The first-order valence-electron chi connectivity index (χ1n) is 8.46. The normalized spacial score (nSPS) is 10.6. The third-order valence-electron chi connectivity index (χ3n) is 4.44. The van der Waals surface area contributed by atoms with Crippen LogP contribution < -0.4 is 0 Å². The predicted octanol–water partition coefficient (Wildman–Crippen LogP) is 5.30. The van der Waals surface area contributed by atoms with Crippen molar-refractivity contribution in [2.45, 2.75) is 0 Å². The first-order chi connectivity index (χ1) is 12.7. The molecule has 0 fully saturated rings. The third kappa shape index (κ3) is 3.05. The zero-order chi connectivity index (χ0) is 17.9. The van der Waals surface area contributed by atoms with Gasteiger partial charge in [-0.1, -0.05) is 84.9 Å². The molecule has 124 valence electrons. The SMILES string of the molecule is O=C(c1ccccc1)c1ccc2cc(C(=O)c3ccccc3)ccc2c1. The standard InChI is InChI=1S/C24H16O2/c25-23(17-7-3-1-4-8-17)21-13-11-20-16-22(14-12-19(20)15-21)24(26)18-9-5-2-6-10-18/h1-16H. The molecule has 4 aromatic rings. The molecule has 0 saturated heterocycles. The van der Waals surface area contributed by atoms with E-state index in [2.05, 4.69) is 0 Å². The Bertz CT molecular complexity index is 1010. The minimum Gasteiger partial charge on any atom is -0.289 e. The maximum Gasteiger partial charge on any atom is 0.193 e. The van der Waals surface area contributed by atoms with E-state index in [9.17, 15) is 9.59 Å². The van der Waals surface area contributed by atoms with Gasteiger partial charge in [-0.25, -0.2) is 0 Å². The molecular formula is C24H16O2. The van der Waals surface area contributed by atoms with Crippen LogP contribution in [0, 0.1) is 0 Å². The van der Waals surface area contributed by atoms with Crippen LogP contribution in [0.3, 0.4) is 0 Å². The van der Waals surface area contributed by atoms with E-state index in [1.165, 1.54) is 0 Å². The first kappa shape index (κ1) is 16.0. The van der Waals surface area contributed by atoms with Crippen LogP contribution in [-0.2, 0) is 0 Å². The molecule has 26 heavy (non-hydrogen) atoms. The van der Waals surface area contributed by atoms with Crippen LogP contribution in [0.25, 0.3) is 10.8 Å². The van der Waals surface area contributed by atoms with Gasteiger partial charge >= 0.3 is 0 Å². The molecule has 0 bridgehead atoms. The molecule has 0 saturated carbocycles. The van der Waals surface area contributed by atoms with E-state index >= 15 is 0 Å². The van der Waals surface area contributed by atoms with Gasteiger partial charge in [0.2, 0.25) is 0 Å². The maximum absolute atomic E-state index is 12.6. The lowest BCUT2D eigenvalue weighted by Crippen LogP contribution is -2.02. The molecule has 0 N–H and O–H groups in total. The minimum atomic E-state index is -0.00283. The van der Waals surface area contributed by atoms with Gasteiger partial charge in [0.15, 0.2) is 11.6 Å². The number of carbonyl (C=O) groups excluding carboxylic acids is 2. The molecule has 2 nitrogen and oxygen atoms in total. The summed E-state index contributed by atoms with van der Waals surface area (Å²) in [5, 5.41) is 1.88. The van der Waals surface area contributed by atoms with Crippen LogP contribution in [0.4, 0.5) is 0 Å². The Balaban J connectivity index is 1.69. The Morgan fingerprint density at radius 2 is 0.808 bits per heavy atom. The quantitative estimate of drug-likeness (QED) is 0.474. The molecule has 0 radical (unpaired) electrons. The number of fused-ring (bicyclic) bond motifs is 1. The van der Waals surface area contributed by atoms with Crippen LogP contribution >= 0.6 is 0 Å². The summed E-state index contributed by atoms with van der Waals surface area (Å²) in [6, 6.07) is 29.6. The summed E-state index contributed by atoms with van der Waals surface area (Å²) >= 11 is 0. The topological polar surface area (TPSA) is 34.1 Å². The third-order valence-corrected chi connectivity index (χ3v) is 4.44. The van der Waals surface area contributed by atoms with Crippen LogP contribution in [-0.4, -0.2) is 11.6 Å². The van der Waals surface area contributed by atoms with Gasteiger partial charge in [-0.2, -0.15) is 0 Å². The molecule has 0 heterocycles. The van der Waals surface area contributed by atoms with Crippen molar-refractivity contribution >= 4 is 22.3 Å². The number of hydrogen-bond donors (Lipinski definition) is 0. The highest BCUT2D eigenvalue weighted by molar-refractivity contribution is 6.12. The molecule has 4 aromatic carbocycles. The molecule has 0 atom stereocenters. The molecule has 0 unspecified atom stereocenters. The maximum atomic E-state index is 12.6. The van der Waals surface area contributed by atoms with Gasteiger partial charge in [0.1, 0.15) is 0 Å². The van der Waals surface area contributed by atoms with Crippen molar-refractivity contribution in [1.29, 1.82) is 0 Å². The highest BCUT2D eigenvalue weighted by Gasteiger charge is 2.12. The second-order valence-corrected chi connectivity index (χ2v) is 6.17. The summed E-state index contributed by atoms with van der Waals surface area (Å²) in [6.07, 6.45) is 0. The van der Waals surface area contributed by atoms with Crippen molar-refractivity contribution in [3.63, 3.8) is 0 Å². The average molecular weight is 336 g/mol. The molecule has 0 aliphatic heterocycles. The van der Waals surface area contributed by atoms with Crippen molar-refractivity contribution < 1.29 is 9.59 Å². The van der Waals surface area contributed by atoms with E-state index < -0.39 is 0 Å². The summed E-state index contributed by atoms with van der Waals surface area (Å²) in [6.45, 7) is 0. The van der Waals surface area contributed by atoms with E-state index in [4.69, 9.17) is 0 Å². The highest BCUT2D eigenvalue weighted by atomic mass is 16.1. The van der Waals surface area contributed by atoms with E-state index in [-0.39, 0.29) is 11.6 Å². The van der Waals surface area contributed by atoms with Crippen molar-refractivity contribution in [3.8, 4) is 0 Å². The van der Waals surface area contributed by atoms with Gasteiger partial charge in [-0.3, -0.25) is 9.59 Å². The fourth-order valence-electron chi connectivity index (χ4n) is 3.04. The predicted molar refractivity (Wildman–Crippen MR) is 104 cm³/mol. The first-order valence-corrected chi connectivity index (χ1v) is 8.46. The molecule has 4 rings (SSSR count). The van der Waals surface area contributed by atoms with Crippen molar-refractivity contribution in [2.24, 2.45) is 0 Å². The van der Waals surface area contributed by atoms with Crippen LogP contribution in [0.2, 0.25) is 0 Å². The number of carbonyl (C=O) groups is 2. The fourth-order valence-corrected chi connectivity index (χ4v) is 3.04. The minimum absolute atomic E-state index is 0.00283. The van der Waals surface area contributed by atoms with Crippen LogP contribution in [0.5, 0.6) is 0 Å². The molecule has 0 aromatic heterocycles. The Kier molecular flexibility index (Phi) is 4.16. The largest absolute Gasteiger partial charge is 0.289 e. The lowest BCUT2D eigenvalue weighted by molar-refractivity contribution is 0.103. The summed E-state index contributed by atoms with van der Waals surface area (Å²) in [7, 11) is 0. The van der Waals surface area contributed by atoms with Gasteiger partial charge in [0, 0.05) is 22.3 Å². The van der Waals surface area contributed by atoms with Crippen molar-refractivity contribution in [2.75, 3.05) is 0 Å². The summed E-state index contributed by atoms with van der Waals surface area (Å²) in [5.74, 6) is -0.00567. The van der Waals surface area contributed by atoms with Crippen molar-refractivity contribution in [1.82, 2.24) is 0 Å². The molecule has 2 heteroatoms. The number of ketones is 2. The fraction of sp³-hybridized carbons (Fsp3) is 0. The zero-order valence-electron chi connectivity index (χ0n) is 14.1. The number of hydrogen-bond acceptors (Lipinski definition) is 2. The van der Waals surface area contributed by atoms with Gasteiger partial charge < -0.3 is 0 Å². The molecule has 0 aliphatic carbocycles. The van der Waals surface area contributed by atoms with Crippen molar-refractivity contribution in [3.05, 3.63) is 119 Å². The number of benzene rings is 4. The molecule has 0 aliphatic rings. The summed E-state index contributed by atoms with van der Waals surface area (Å²) < 4.78 is 0. The van der Waals surface area contributed by atoms with Gasteiger partial charge in [0.05, 0.1) is 0 Å². The molecule has 0 amide bonds. The lowest BCUT2D eigenvalue weighted by atomic mass is 9.97. The average Bonchev–Trinajstić information content (AvgIpc) is 2.73. The summed E-state index contributed by atoms with van der Waals surface area (Å²) in [4.78, 5) is 25.2. The van der Waals surface area contributed by atoms with E-state index in [0.717, 1.165) is 10.8 Å². The summed E-state index contributed by atoms with van der Waals surface area (Å²) in [5.41, 5.74) is 2.63. The Morgan fingerprint density at radius 1 is 0.423 bits per heavy atom. The van der Waals surface area contributed by atoms with E-state index in [0.29, 0.717) is 22.3 Å². The van der Waals surface area contributed by atoms with E-state index in [1.54, 1.807) is 0 Å². The zero-order valence-corrected chi connectivity index (χ0v) is 14.1. The highest BCUT2D eigenvalue weighted by Crippen LogP contribution is 2.21. The van der Waals surface area contributed by atoms with Gasteiger partial charge in [0.25, 0.3) is 0 Å². The Hall–Kier alpha value is -3.52. The van der Waals surface area contributed by atoms with Gasteiger partial charge in [-0.05, 0) is 22.9 Å². The monoisotopic (exact) mass is 336 g/mol.